The second kappa shape index (κ2) is 9.13. The molecule has 2 aromatic carbocycles. The number of amides is 2. The maximum Gasteiger partial charge on any atom is 0.271 e. The van der Waals surface area contributed by atoms with Crippen LogP contribution in [0.3, 0.4) is 0 Å². The number of non-ortho nitro benzene ring substituents is 1. The summed E-state index contributed by atoms with van der Waals surface area (Å²) in [4.78, 5) is 41.4. The van der Waals surface area contributed by atoms with Crippen LogP contribution in [0.4, 0.5) is 11.4 Å². The predicted octanol–water partition coefficient (Wildman–Crippen LogP) is 2.05. The van der Waals surface area contributed by atoms with Crippen molar-refractivity contribution >= 4 is 23.2 Å². The van der Waals surface area contributed by atoms with Gasteiger partial charge >= 0.3 is 0 Å². The quantitative estimate of drug-likeness (QED) is 0.539. The Kier molecular flexibility index (Phi) is 6.13. The largest absolute Gasteiger partial charge is 0.482 e. The molecule has 31 heavy (non-hydrogen) atoms. The highest BCUT2D eigenvalue weighted by Crippen LogP contribution is 2.35. The van der Waals surface area contributed by atoms with Crippen molar-refractivity contribution < 1.29 is 19.2 Å². The minimum atomic E-state index is -0.532. The number of hydrogen-bond donors (Lipinski definition) is 0. The molecule has 2 amide bonds. The SMILES string of the molecule is O=C(CN1C(=O)COc2ccc([N+](=O)[O-])cc21)N1CCCN(Cc2ccccc2)CC1. The smallest absolute Gasteiger partial charge is 0.271 e. The van der Waals surface area contributed by atoms with E-state index >= 15 is 0 Å². The molecule has 9 nitrogen and oxygen atoms in total. The number of benzene rings is 2. The number of nitro groups is 1. The molecular formula is C22H24N4O5. The first-order valence-electron chi connectivity index (χ1n) is 10.3. The molecule has 0 saturated carbocycles. The van der Waals surface area contributed by atoms with Crippen LogP contribution in [0, 0.1) is 10.1 Å². The third-order valence-corrected chi connectivity index (χ3v) is 5.58. The summed E-state index contributed by atoms with van der Waals surface area (Å²) in [6.07, 6.45) is 0.845. The highest BCUT2D eigenvalue weighted by Gasteiger charge is 2.31. The number of fused-ring (bicyclic) bond motifs is 1. The van der Waals surface area contributed by atoms with Crippen molar-refractivity contribution in [1.29, 1.82) is 0 Å². The summed E-state index contributed by atoms with van der Waals surface area (Å²) >= 11 is 0. The summed E-state index contributed by atoms with van der Waals surface area (Å²) < 4.78 is 5.37. The standard InChI is InChI=1S/C22H24N4O5/c27-21(24-10-4-9-23(11-12-24)14-17-5-2-1-3-6-17)15-25-19-13-18(26(29)30)7-8-20(19)31-16-22(25)28/h1-3,5-8,13H,4,9-12,14-16H2. The number of nitro benzene ring substituents is 1. The molecule has 9 heteroatoms. The van der Waals surface area contributed by atoms with E-state index in [0.717, 1.165) is 26.1 Å². The lowest BCUT2D eigenvalue weighted by molar-refractivity contribution is -0.384. The third-order valence-electron chi connectivity index (χ3n) is 5.58. The van der Waals surface area contributed by atoms with E-state index in [1.54, 1.807) is 4.90 Å². The van der Waals surface area contributed by atoms with E-state index in [-0.39, 0.29) is 36.3 Å². The molecule has 0 radical (unpaired) electrons. The summed E-state index contributed by atoms with van der Waals surface area (Å²) in [7, 11) is 0. The van der Waals surface area contributed by atoms with Gasteiger partial charge in [0.2, 0.25) is 5.91 Å². The zero-order valence-electron chi connectivity index (χ0n) is 17.1. The van der Waals surface area contributed by atoms with E-state index in [4.69, 9.17) is 4.74 Å². The lowest BCUT2D eigenvalue weighted by Gasteiger charge is -2.30. The zero-order chi connectivity index (χ0) is 21.8. The summed E-state index contributed by atoms with van der Waals surface area (Å²) in [5.41, 5.74) is 1.35. The van der Waals surface area contributed by atoms with Crippen LogP contribution < -0.4 is 9.64 Å². The second-order valence-electron chi connectivity index (χ2n) is 7.67. The molecule has 1 saturated heterocycles. The molecule has 4 rings (SSSR count). The Hall–Kier alpha value is -3.46. The van der Waals surface area contributed by atoms with Gasteiger partial charge in [0.1, 0.15) is 12.3 Å². The van der Waals surface area contributed by atoms with E-state index in [2.05, 4.69) is 17.0 Å². The van der Waals surface area contributed by atoms with Gasteiger partial charge in [0, 0.05) is 44.9 Å². The fourth-order valence-corrected chi connectivity index (χ4v) is 3.93. The fraction of sp³-hybridized carbons (Fsp3) is 0.364. The van der Waals surface area contributed by atoms with Gasteiger partial charge in [-0.3, -0.25) is 29.5 Å². The van der Waals surface area contributed by atoms with Crippen molar-refractivity contribution in [3.63, 3.8) is 0 Å². The molecule has 0 bridgehead atoms. The van der Waals surface area contributed by atoms with Crippen LogP contribution in [0.2, 0.25) is 0 Å². The van der Waals surface area contributed by atoms with E-state index in [9.17, 15) is 19.7 Å². The molecule has 0 unspecified atom stereocenters. The van der Waals surface area contributed by atoms with Gasteiger partial charge in [0.15, 0.2) is 6.61 Å². The average Bonchev–Trinajstić information content (AvgIpc) is 3.01. The van der Waals surface area contributed by atoms with Crippen molar-refractivity contribution in [3.05, 3.63) is 64.2 Å². The second-order valence-corrected chi connectivity index (χ2v) is 7.67. The van der Waals surface area contributed by atoms with E-state index in [1.165, 1.54) is 28.7 Å². The number of ether oxygens (including phenoxy) is 1. The van der Waals surface area contributed by atoms with Gasteiger partial charge in [0.05, 0.1) is 10.6 Å². The van der Waals surface area contributed by atoms with Crippen molar-refractivity contribution in [1.82, 2.24) is 9.80 Å². The Morgan fingerprint density at radius 1 is 1.06 bits per heavy atom. The molecule has 162 valence electrons. The number of hydrogen-bond acceptors (Lipinski definition) is 6. The van der Waals surface area contributed by atoms with Gasteiger partial charge in [-0.2, -0.15) is 0 Å². The van der Waals surface area contributed by atoms with Crippen LogP contribution in [0.1, 0.15) is 12.0 Å². The molecular weight excluding hydrogens is 400 g/mol. The normalized spacial score (nSPS) is 17.0. The Morgan fingerprint density at radius 3 is 2.65 bits per heavy atom. The minimum absolute atomic E-state index is 0.152. The zero-order valence-corrected chi connectivity index (χ0v) is 17.1. The monoisotopic (exact) mass is 424 g/mol. The first kappa shape index (κ1) is 20.8. The van der Waals surface area contributed by atoms with Gasteiger partial charge in [-0.1, -0.05) is 30.3 Å². The van der Waals surface area contributed by atoms with E-state index < -0.39 is 4.92 Å². The Morgan fingerprint density at radius 2 is 1.87 bits per heavy atom. The molecule has 0 aliphatic carbocycles. The highest BCUT2D eigenvalue weighted by atomic mass is 16.6. The number of anilines is 1. The first-order chi connectivity index (χ1) is 15.0. The average molecular weight is 424 g/mol. The van der Waals surface area contributed by atoms with Gasteiger partial charge in [-0.05, 0) is 18.1 Å². The third kappa shape index (κ3) is 4.83. The molecule has 0 aromatic heterocycles. The van der Waals surface area contributed by atoms with Crippen LogP contribution in [0.15, 0.2) is 48.5 Å². The Bertz CT molecular complexity index is 981. The molecule has 1 fully saturated rings. The highest BCUT2D eigenvalue weighted by molar-refractivity contribution is 6.02. The van der Waals surface area contributed by atoms with Crippen LogP contribution in [-0.4, -0.2) is 65.9 Å². The predicted molar refractivity (Wildman–Crippen MR) is 114 cm³/mol. The molecule has 2 aliphatic rings. The molecule has 0 N–H and O–H groups in total. The Labute approximate surface area is 179 Å². The topological polar surface area (TPSA) is 96.2 Å². The summed E-state index contributed by atoms with van der Waals surface area (Å²) in [6.45, 7) is 3.32. The minimum Gasteiger partial charge on any atom is -0.482 e. The molecule has 2 aromatic rings. The number of carbonyl (C=O) groups excluding carboxylic acids is 2. The van der Waals surface area contributed by atoms with Crippen LogP contribution in [0.5, 0.6) is 5.75 Å². The summed E-state index contributed by atoms with van der Waals surface area (Å²) in [6, 6.07) is 14.3. The van der Waals surface area contributed by atoms with Crippen LogP contribution >= 0.6 is 0 Å². The summed E-state index contributed by atoms with van der Waals surface area (Å²) in [5.74, 6) is -0.195. The lowest BCUT2D eigenvalue weighted by atomic mass is 10.2. The Balaban J connectivity index is 1.42. The fourth-order valence-electron chi connectivity index (χ4n) is 3.93. The number of nitrogens with zero attached hydrogens (tertiary/aromatic N) is 4. The van der Waals surface area contributed by atoms with Gasteiger partial charge in [-0.15, -0.1) is 0 Å². The number of rotatable bonds is 5. The van der Waals surface area contributed by atoms with E-state index in [1.807, 2.05) is 18.2 Å². The molecule has 0 spiro atoms. The van der Waals surface area contributed by atoms with E-state index in [0.29, 0.717) is 18.8 Å². The van der Waals surface area contributed by atoms with Crippen molar-refractivity contribution in [2.24, 2.45) is 0 Å². The van der Waals surface area contributed by atoms with Crippen molar-refractivity contribution in [2.45, 2.75) is 13.0 Å². The van der Waals surface area contributed by atoms with Crippen LogP contribution in [-0.2, 0) is 16.1 Å². The number of carbonyl (C=O) groups is 2. The molecule has 2 aliphatic heterocycles. The van der Waals surface area contributed by atoms with Gasteiger partial charge < -0.3 is 9.64 Å². The molecule has 0 atom stereocenters. The summed E-state index contributed by atoms with van der Waals surface area (Å²) in [5, 5.41) is 11.1. The van der Waals surface area contributed by atoms with Crippen LogP contribution in [0.25, 0.3) is 0 Å². The maximum absolute atomic E-state index is 13.0. The van der Waals surface area contributed by atoms with Crippen molar-refractivity contribution in [3.8, 4) is 5.75 Å². The molecule has 2 heterocycles. The van der Waals surface area contributed by atoms with Gasteiger partial charge in [-0.25, -0.2) is 0 Å². The first-order valence-corrected chi connectivity index (χ1v) is 10.3. The lowest BCUT2D eigenvalue weighted by Crippen LogP contribution is -2.47. The van der Waals surface area contributed by atoms with Gasteiger partial charge in [0.25, 0.3) is 11.6 Å². The van der Waals surface area contributed by atoms with Crippen molar-refractivity contribution in [2.75, 3.05) is 44.2 Å². The maximum atomic E-state index is 13.0.